The summed E-state index contributed by atoms with van der Waals surface area (Å²) < 4.78 is 21.1. The summed E-state index contributed by atoms with van der Waals surface area (Å²) in [5.41, 5.74) is 0. The van der Waals surface area contributed by atoms with Crippen LogP contribution in [0.15, 0.2) is 0 Å². The number of hydrogen-bond acceptors (Lipinski definition) is 10. The number of methoxy groups -OCH3 is 1. The zero-order valence-corrected chi connectivity index (χ0v) is 13.5. The summed E-state index contributed by atoms with van der Waals surface area (Å²) in [7, 11) is 1.32. The fourth-order valence-electron chi connectivity index (χ4n) is 2.99. The van der Waals surface area contributed by atoms with Crippen molar-refractivity contribution in [3.05, 3.63) is 0 Å². The van der Waals surface area contributed by atoms with Crippen LogP contribution in [-0.4, -0.2) is 112 Å². The van der Waals surface area contributed by atoms with E-state index in [-0.39, 0.29) is 0 Å². The second kappa shape index (κ2) is 8.32. The van der Waals surface area contributed by atoms with Crippen LogP contribution in [0.4, 0.5) is 0 Å². The Labute approximate surface area is 139 Å². The molecule has 0 spiro atoms. The third-order valence-corrected chi connectivity index (χ3v) is 4.50. The van der Waals surface area contributed by atoms with E-state index in [1.54, 1.807) is 6.92 Å². The first-order valence-corrected chi connectivity index (χ1v) is 7.78. The Balaban J connectivity index is 2.08. The Morgan fingerprint density at radius 3 is 2.17 bits per heavy atom. The zero-order valence-electron chi connectivity index (χ0n) is 13.5. The largest absolute Gasteiger partial charge is 0.394 e. The molecule has 2 saturated heterocycles. The molecule has 10 heteroatoms. The molecule has 4 unspecified atom stereocenters. The third-order valence-electron chi connectivity index (χ3n) is 4.50. The molecule has 24 heavy (non-hydrogen) atoms. The summed E-state index contributed by atoms with van der Waals surface area (Å²) in [6.07, 6.45) is -11.6. The van der Waals surface area contributed by atoms with Crippen LogP contribution in [0, 0.1) is 0 Å². The normalized spacial score (nSPS) is 47.8. The molecule has 2 heterocycles. The standard InChI is InChI=1S/C14H26O10/c1-5-8(17)13(9(18)6(3-15)22-5)24-14-11(20)10(19)12(23-14)7(4-16)21-2/h5-20H,3-4H2,1-2H3/t5?,6?,7-,8?,9+,10?,11+,12+,13-,14+/m1/s1. The molecule has 2 fully saturated rings. The molecule has 10 atom stereocenters. The van der Waals surface area contributed by atoms with Crippen LogP contribution in [0.1, 0.15) is 6.92 Å². The lowest BCUT2D eigenvalue weighted by atomic mass is 9.95. The van der Waals surface area contributed by atoms with Gasteiger partial charge in [-0.3, -0.25) is 0 Å². The van der Waals surface area contributed by atoms with Crippen molar-refractivity contribution in [1.29, 1.82) is 0 Å². The molecule has 2 aliphatic rings. The van der Waals surface area contributed by atoms with Crippen molar-refractivity contribution in [3.8, 4) is 0 Å². The number of hydrogen-bond donors (Lipinski definition) is 6. The molecule has 0 radical (unpaired) electrons. The average molecular weight is 354 g/mol. The Bertz CT molecular complexity index is 392. The highest BCUT2D eigenvalue weighted by Crippen LogP contribution is 2.30. The van der Waals surface area contributed by atoms with E-state index < -0.39 is 74.4 Å². The highest BCUT2D eigenvalue weighted by Gasteiger charge is 2.51. The fraction of sp³-hybridized carbons (Fsp3) is 1.00. The van der Waals surface area contributed by atoms with Gasteiger partial charge in [0.25, 0.3) is 0 Å². The van der Waals surface area contributed by atoms with Crippen LogP contribution in [0.2, 0.25) is 0 Å². The van der Waals surface area contributed by atoms with Gasteiger partial charge in [-0.1, -0.05) is 0 Å². The molecular weight excluding hydrogens is 328 g/mol. The summed E-state index contributed by atoms with van der Waals surface area (Å²) in [6, 6.07) is 0. The van der Waals surface area contributed by atoms with E-state index in [1.165, 1.54) is 7.11 Å². The number of ether oxygens (including phenoxy) is 4. The van der Waals surface area contributed by atoms with Gasteiger partial charge in [-0.25, -0.2) is 0 Å². The van der Waals surface area contributed by atoms with E-state index in [0.29, 0.717) is 0 Å². The van der Waals surface area contributed by atoms with Crippen molar-refractivity contribution in [2.75, 3.05) is 20.3 Å². The summed E-state index contributed by atoms with van der Waals surface area (Å²) in [4.78, 5) is 0. The minimum atomic E-state index is -1.47. The summed E-state index contributed by atoms with van der Waals surface area (Å²) in [6.45, 7) is 0.628. The molecule has 0 amide bonds. The van der Waals surface area contributed by atoms with Crippen LogP contribution in [0.3, 0.4) is 0 Å². The van der Waals surface area contributed by atoms with Gasteiger partial charge >= 0.3 is 0 Å². The van der Waals surface area contributed by atoms with Crippen molar-refractivity contribution in [2.45, 2.75) is 68.1 Å². The molecule has 0 saturated carbocycles. The van der Waals surface area contributed by atoms with Gasteiger partial charge in [0.1, 0.15) is 48.8 Å². The van der Waals surface area contributed by atoms with Gasteiger partial charge in [-0.15, -0.1) is 0 Å². The fourth-order valence-corrected chi connectivity index (χ4v) is 2.99. The molecule has 6 N–H and O–H groups in total. The quantitative estimate of drug-likeness (QED) is 0.281. The molecule has 2 rings (SSSR count). The van der Waals surface area contributed by atoms with E-state index in [4.69, 9.17) is 18.9 Å². The van der Waals surface area contributed by atoms with Gasteiger partial charge in [-0.05, 0) is 6.92 Å². The van der Waals surface area contributed by atoms with E-state index in [1.807, 2.05) is 0 Å². The minimum absolute atomic E-state index is 0.441. The van der Waals surface area contributed by atoms with Crippen molar-refractivity contribution < 1.29 is 49.6 Å². The first kappa shape index (κ1) is 19.9. The molecule has 142 valence electrons. The predicted molar refractivity (Wildman–Crippen MR) is 76.9 cm³/mol. The van der Waals surface area contributed by atoms with Gasteiger partial charge < -0.3 is 49.6 Å². The van der Waals surface area contributed by atoms with E-state index in [9.17, 15) is 30.6 Å². The number of aliphatic hydroxyl groups is 6. The topological polar surface area (TPSA) is 158 Å². The van der Waals surface area contributed by atoms with Gasteiger partial charge in [0, 0.05) is 7.11 Å². The van der Waals surface area contributed by atoms with E-state index in [0.717, 1.165) is 0 Å². The lowest BCUT2D eigenvalue weighted by Crippen LogP contribution is -2.60. The molecule has 0 aromatic carbocycles. The maximum absolute atomic E-state index is 10.2. The second-order valence-electron chi connectivity index (χ2n) is 6.05. The molecule has 0 aliphatic carbocycles. The van der Waals surface area contributed by atoms with Crippen molar-refractivity contribution >= 4 is 0 Å². The van der Waals surface area contributed by atoms with Crippen molar-refractivity contribution in [2.24, 2.45) is 0 Å². The molecule has 0 aromatic rings. The lowest BCUT2D eigenvalue weighted by Gasteiger charge is -2.42. The summed E-state index contributed by atoms with van der Waals surface area (Å²) in [5.74, 6) is 0. The number of aliphatic hydroxyl groups excluding tert-OH is 6. The molecule has 0 aromatic heterocycles. The number of rotatable bonds is 6. The van der Waals surface area contributed by atoms with Crippen LogP contribution >= 0.6 is 0 Å². The molecule has 2 aliphatic heterocycles. The van der Waals surface area contributed by atoms with Crippen LogP contribution < -0.4 is 0 Å². The Kier molecular flexibility index (Phi) is 6.90. The van der Waals surface area contributed by atoms with Crippen molar-refractivity contribution in [3.63, 3.8) is 0 Å². The zero-order chi connectivity index (χ0) is 18.0. The second-order valence-corrected chi connectivity index (χ2v) is 6.05. The maximum Gasteiger partial charge on any atom is 0.187 e. The molecule has 10 nitrogen and oxygen atoms in total. The van der Waals surface area contributed by atoms with Gasteiger partial charge in [0.05, 0.1) is 19.3 Å². The highest BCUT2D eigenvalue weighted by molar-refractivity contribution is 4.95. The van der Waals surface area contributed by atoms with Gasteiger partial charge in [-0.2, -0.15) is 0 Å². The molecule has 0 bridgehead atoms. The van der Waals surface area contributed by atoms with Gasteiger partial charge in [0.15, 0.2) is 6.29 Å². The first-order valence-electron chi connectivity index (χ1n) is 7.78. The average Bonchev–Trinajstić information content (AvgIpc) is 2.84. The minimum Gasteiger partial charge on any atom is -0.394 e. The third kappa shape index (κ3) is 3.73. The first-order chi connectivity index (χ1) is 11.3. The highest BCUT2D eigenvalue weighted by atomic mass is 16.7. The Hall–Kier alpha value is -0.400. The van der Waals surface area contributed by atoms with Crippen LogP contribution in [0.25, 0.3) is 0 Å². The van der Waals surface area contributed by atoms with Crippen molar-refractivity contribution in [1.82, 2.24) is 0 Å². The smallest absolute Gasteiger partial charge is 0.187 e. The molecular formula is C14H26O10. The van der Waals surface area contributed by atoms with Crippen LogP contribution in [-0.2, 0) is 18.9 Å². The predicted octanol–water partition coefficient (Wildman–Crippen LogP) is -3.67. The SMILES string of the molecule is CO[C@H](CO)[C@@H]1O[C@@H](O[C@@H]2C(O)C(C)OC(CO)[C@@H]2O)[C@@H](O)C1O. The summed E-state index contributed by atoms with van der Waals surface area (Å²) in [5, 5.41) is 58.9. The maximum atomic E-state index is 10.2. The monoisotopic (exact) mass is 354 g/mol. The summed E-state index contributed by atoms with van der Waals surface area (Å²) >= 11 is 0. The van der Waals surface area contributed by atoms with Crippen LogP contribution in [0.5, 0.6) is 0 Å². The van der Waals surface area contributed by atoms with E-state index in [2.05, 4.69) is 0 Å². The van der Waals surface area contributed by atoms with E-state index >= 15 is 0 Å². The lowest BCUT2D eigenvalue weighted by molar-refractivity contribution is -0.287. The Morgan fingerprint density at radius 2 is 1.62 bits per heavy atom. The Morgan fingerprint density at radius 1 is 0.958 bits per heavy atom. The van der Waals surface area contributed by atoms with Gasteiger partial charge in [0.2, 0.25) is 0 Å².